The van der Waals surface area contributed by atoms with Crippen LogP contribution in [0.5, 0.6) is 0 Å². The molecule has 1 N–H and O–H groups in total. The summed E-state index contributed by atoms with van der Waals surface area (Å²) in [5.41, 5.74) is 5.45. The standard InChI is InChI=1S/C23H21N3O/c1-16-13-14-20(17(2)15-16)24-21(18-9-5-3-6-10-18)23-26-25-22(27-23)19-11-7-4-8-12-19/h3-15,21,24H,1-2H3. The van der Waals surface area contributed by atoms with Crippen LogP contribution in [-0.2, 0) is 0 Å². The molecule has 27 heavy (non-hydrogen) atoms. The van der Waals surface area contributed by atoms with E-state index in [1.807, 2.05) is 48.5 Å². The second-order valence-electron chi connectivity index (χ2n) is 6.62. The Labute approximate surface area is 158 Å². The molecule has 0 aliphatic heterocycles. The van der Waals surface area contributed by atoms with Crippen molar-refractivity contribution in [3.05, 3.63) is 101 Å². The van der Waals surface area contributed by atoms with Crippen LogP contribution < -0.4 is 5.32 Å². The molecule has 1 atom stereocenters. The summed E-state index contributed by atoms with van der Waals surface area (Å²) in [4.78, 5) is 0. The molecule has 0 saturated carbocycles. The number of aryl methyl sites for hydroxylation is 2. The van der Waals surface area contributed by atoms with Gasteiger partial charge in [0.2, 0.25) is 11.8 Å². The molecule has 0 spiro atoms. The summed E-state index contributed by atoms with van der Waals surface area (Å²) >= 11 is 0. The van der Waals surface area contributed by atoms with E-state index in [1.165, 1.54) is 11.1 Å². The summed E-state index contributed by atoms with van der Waals surface area (Å²) in [5, 5.41) is 12.2. The highest BCUT2D eigenvalue weighted by Crippen LogP contribution is 2.29. The van der Waals surface area contributed by atoms with E-state index in [9.17, 15) is 0 Å². The minimum absolute atomic E-state index is 0.224. The molecular weight excluding hydrogens is 334 g/mol. The van der Waals surface area contributed by atoms with Gasteiger partial charge in [0, 0.05) is 11.3 Å². The molecule has 134 valence electrons. The smallest absolute Gasteiger partial charge is 0.247 e. The van der Waals surface area contributed by atoms with E-state index in [4.69, 9.17) is 4.42 Å². The van der Waals surface area contributed by atoms with Gasteiger partial charge >= 0.3 is 0 Å². The van der Waals surface area contributed by atoms with Gasteiger partial charge in [0.05, 0.1) is 0 Å². The molecule has 3 aromatic carbocycles. The lowest BCUT2D eigenvalue weighted by Gasteiger charge is -2.19. The van der Waals surface area contributed by atoms with Crippen molar-refractivity contribution in [2.75, 3.05) is 5.32 Å². The molecule has 4 aromatic rings. The minimum atomic E-state index is -0.224. The lowest BCUT2D eigenvalue weighted by Crippen LogP contribution is -2.13. The Kier molecular flexibility index (Phi) is 4.71. The number of rotatable bonds is 5. The monoisotopic (exact) mass is 355 g/mol. The molecule has 0 aliphatic rings. The Morgan fingerprint density at radius 2 is 1.52 bits per heavy atom. The fraction of sp³-hybridized carbons (Fsp3) is 0.130. The van der Waals surface area contributed by atoms with Gasteiger partial charge in [0.15, 0.2) is 0 Å². The number of aromatic nitrogens is 2. The molecule has 1 aromatic heterocycles. The molecule has 4 rings (SSSR count). The quantitative estimate of drug-likeness (QED) is 0.509. The molecule has 0 radical (unpaired) electrons. The molecule has 0 saturated heterocycles. The topological polar surface area (TPSA) is 51.0 Å². The van der Waals surface area contributed by atoms with E-state index < -0.39 is 0 Å². The molecule has 0 aliphatic carbocycles. The summed E-state index contributed by atoms with van der Waals surface area (Å²) in [6, 6.07) is 26.1. The zero-order valence-electron chi connectivity index (χ0n) is 15.4. The van der Waals surface area contributed by atoms with Crippen molar-refractivity contribution in [1.82, 2.24) is 10.2 Å². The Bertz CT molecular complexity index is 1030. The number of hydrogen-bond acceptors (Lipinski definition) is 4. The van der Waals surface area contributed by atoms with E-state index in [0.29, 0.717) is 11.8 Å². The van der Waals surface area contributed by atoms with Crippen molar-refractivity contribution in [1.29, 1.82) is 0 Å². The van der Waals surface area contributed by atoms with Crippen LogP contribution in [0.25, 0.3) is 11.5 Å². The maximum absolute atomic E-state index is 6.04. The highest BCUT2D eigenvalue weighted by atomic mass is 16.4. The summed E-state index contributed by atoms with van der Waals surface area (Å²) < 4.78 is 6.04. The predicted molar refractivity (Wildman–Crippen MR) is 108 cm³/mol. The van der Waals surface area contributed by atoms with Gasteiger partial charge in [-0.05, 0) is 43.2 Å². The van der Waals surface area contributed by atoms with Crippen LogP contribution in [0.3, 0.4) is 0 Å². The van der Waals surface area contributed by atoms with Crippen LogP contribution >= 0.6 is 0 Å². The molecule has 1 unspecified atom stereocenters. The van der Waals surface area contributed by atoms with E-state index in [-0.39, 0.29) is 6.04 Å². The van der Waals surface area contributed by atoms with Gasteiger partial charge in [0.1, 0.15) is 6.04 Å². The van der Waals surface area contributed by atoms with Crippen molar-refractivity contribution in [2.45, 2.75) is 19.9 Å². The Morgan fingerprint density at radius 1 is 0.815 bits per heavy atom. The first-order valence-electron chi connectivity index (χ1n) is 8.98. The fourth-order valence-electron chi connectivity index (χ4n) is 3.11. The van der Waals surface area contributed by atoms with E-state index in [2.05, 4.69) is 59.7 Å². The maximum atomic E-state index is 6.04. The summed E-state index contributed by atoms with van der Waals surface area (Å²) in [7, 11) is 0. The Morgan fingerprint density at radius 3 is 2.22 bits per heavy atom. The first-order valence-corrected chi connectivity index (χ1v) is 8.98. The lowest BCUT2D eigenvalue weighted by atomic mass is 10.0. The second kappa shape index (κ2) is 7.46. The Balaban J connectivity index is 1.72. The molecular formula is C23H21N3O. The van der Waals surface area contributed by atoms with Gasteiger partial charge in [-0.15, -0.1) is 10.2 Å². The lowest BCUT2D eigenvalue weighted by molar-refractivity contribution is 0.494. The largest absolute Gasteiger partial charge is 0.418 e. The number of benzene rings is 3. The predicted octanol–water partition coefficient (Wildman–Crippen LogP) is 5.55. The van der Waals surface area contributed by atoms with Crippen molar-refractivity contribution < 1.29 is 4.42 Å². The summed E-state index contributed by atoms with van der Waals surface area (Å²) in [5.74, 6) is 1.06. The van der Waals surface area contributed by atoms with Crippen molar-refractivity contribution in [2.24, 2.45) is 0 Å². The van der Waals surface area contributed by atoms with E-state index in [1.54, 1.807) is 0 Å². The van der Waals surface area contributed by atoms with E-state index in [0.717, 1.165) is 16.8 Å². The normalized spacial score (nSPS) is 11.9. The number of hydrogen-bond donors (Lipinski definition) is 1. The van der Waals surface area contributed by atoms with Gasteiger partial charge in [0.25, 0.3) is 0 Å². The van der Waals surface area contributed by atoms with Gasteiger partial charge < -0.3 is 9.73 Å². The van der Waals surface area contributed by atoms with Crippen molar-refractivity contribution >= 4 is 5.69 Å². The molecule has 4 heteroatoms. The van der Waals surface area contributed by atoms with Gasteiger partial charge in [-0.1, -0.05) is 66.2 Å². The van der Waals surface area contributed by atoms with Gasteiger partial charge in [-0.25, -0.2) is 0 Å². The average Bonchev–Trinajstić information content (AvgIpc) is 3.19. The van der Waals surface area contributed by atoms with Crippen LogP contribution in [-0.4, -0.2) is 10.2 Å². The van der Waals surface area contributed by atoms with Gasteiger partial charge in [-0.2, -0.15) is 0 Å². The van der Waals surface area contributed by atoms with Crippen LogP contribution in [0.15, 0.2) is 83.3 Å². The van der Waals surface area contributed by atoms with Crippen LogP contribution in [0.4, 0.5) is 5.69 Å². The van der Waals surface area contributed by atoms with Crippen molar-refractivity contribution in [3.63, 3.8) is 0 Å². The zero-order chi connectivity index (χ0) is 18.6. The Hall–Kier alpha value is -3.40. The SMILES string of the molecule is Cc1ccc(NC(c2ccccc2)c2nnc(-c3ccccc3)o2)c(C)c1. The number of anilines is 1. The molecule has 0 fully saturated rings. The average molecular weight is 355 g/mol. The molecule has 4 nitrogen and oxygen atoms in total. The molecule has 1 heterocycles. The summed E-state index contributed by atoms with van der Waals surface area (Å²) in [6.45, 7) is 4.19. The highest BCUT2D eigenvalue weighted by molar-refractivity contribution is 5.55. The third kappa shape index (κ3) is 3.75. The third-order valence-corrected chi connectivity index (χ3v) is 4.52. The highest BCUT2D eigenvalue weighted by Gasteiger charge is 2.22. The maximum Gasteiger partial charge on any atom is 0.247 e. The minimum Gasteiger partial charge on any atom is -0.418 e. The zero-order valence-corrected chi connectivity index (χ0v) is 15.4. The second-order valence-corrected chi connectivity index (χ2v) is 6.62. The van der Waals surface area contributed by atoms with Crippen LogP contribution in [0.1, 0.15) is 28.6 Å². The summed E-state index contributed by atoms with van der Waals surface area (Å²) in [6.07, 6.45) is 0. The van der Waals surface area contributed by atoms with Crippen LogP contribution in [0.2, 0.25) is 0 Å². The first-order chi connectivity index (χ1) is 13.2. The first kappa shape index (κ1) is 17.0. The van der Waals surface area contributed by atoms with Crippen molar-refractivity contribution in [3.8, 4) is 11.5 Å². The number of nitrogens with one attached hydrogen (secondary N) is 1. The molecule has 0 amide bonds. The number of nitrogens with zero attached hydrogens (tertiary/aromatic N) is 2. The van der Waals surface area contributed by atoms with Gasteiger partial charge in [-0.3, -0.25) is 0 Å². The van der Waals surface area contributed by atoms with Crippen LogP contribution in [0, 0.1) is 13.8 Å². The van der Waals surface area contributed by atoms with E-state index >= 15 is 0 Å². The third-order valence-electron chi connectivity index (χ3n) is 4.52. The molecule has 0 bridgehead atoms. The fourth-order valence-corrected chi connectivity index (χ4v) is 3.11.